The maximum Gasteiger partial charge on any atom is 0.322 e. The van der Waals surface area contributed by atoms with Crippen molar-refractivity contribution in [1.82, 2.24) is 5.32 Å². The molecule has 2 aromatic rings. The number of benzene rings is 2. The number of ether oxygens (including phenoxy) is 1. The summed E-state index contributed by atoms with van der Waals surface area (Å²) in [7, 11) is -3.38. The van der Waals surface area contributed by atoms with Crippen LogP contribution in [0.25, 0.3) is 0 Å². The minimum atomic E-state index is -3.38. The second kappa shape index (κ2) is 9.39. The maximum absolute atomic E-state index is 12.0. The van der Waals surface area contributed by atoms with Gasteiger partial charge in [0.05, 0.1) is 15.2 Å². The van der Waals surface area contributed by atoms with Gasteiger partial charge in [0.25, 0.3) is 5.91 Å². The largest absolute Gasteiger partial charge is 0.487 e. The molecule has 0 bridgehead atoms. The van der Waals surface area contributed by atoms with E-state index in [1.54, 1.807) is 24.3 Å². The van der Waals surface area contributed by atoms with Gasteiger partial charge in [0, 0.05) is 11.3 Å². The molecule has 150 valence electrons. The summed E-state index contributed by atoms with van der Waals surface area (Å²) >= 11 is 6.66. The Balaban J connectivity index is 2.12. The molecule has 3 N–H and O–H groups in total. The van der Waals surface area contributed by atoms with Crippen LogP contribution in [0.1, 0.15) is 15.9 Å². The topological polar surface area (TPSA) is 122 Å². The molecule has 2 rings (SSSR count). The Hall–Kier alpha value is -2.11. The molecule has 0 saturated carbocycles. The molecule has 0 aliphatic rings. The highest BCUT2D eigenvalue weighted by Crippen LogP contribution is 2.35. The van der Waals surface area contributed by atoms with Gasteiger partial charge in [0.15, 0.2) is 0 Å². The van der Waals surface area contributed by atoms with Crippen molar-refractivity contribution in [2.45, 2.75) is 6.61 Å². The fourth-order valence-electron chi connectivity index (χ4n) is 2.18. The van der Waals surface area contributed by atoms with Crippen LogP contribution in [0.15, 0.2) is 45.3 Å². The number of sulfonamides is 1. The number of halogens is 2. The molecular formula is C17H16Br2N2O6S. The summed E-state index contributed by atoms with van der Waals surface area (Å²) in [6.07, 6.45) is 1.07. The number of hydrogen-bond acceptors (Lipinski definition) is 5. The number of carbonyl (C=O) groups excluding carboxylic acids is 1. The van der Waals surface area contributed by atoms with E-state index >= 15 is 0 Å². The van der Waals surface area contributed by atoms with Gasteiger partial charge >= 0.3 is 5.97 Å². The molecule has 0 unspecified atom stereocenters. The Morgan fingerprint density at radius 2 is 1.79 bits per heavy atom. The van der Waals surface area contributed by atoms with Crippen molar-refractivity contribution in [3.8, 4) is 5.75 Å². The monoisotopic (exact) mass is 534 g/mol. The molecule has 0 spiro atoms. The van der Waals surface area contributed by atoms with Crippen molar-refractivity contribution in [2.24, 2.45) is 0 Å². The number of anilines is 1. The van der Waals surface area contributed by atoms with Crippen LogP contribution in [-0.4, -0.2) is 38.2 Å². The standard InChI is InChI=1S/C17H16Br2N2O6S/c1-28(25,26)21-12-4-2-3-10(5-12)9-27-16-13(18)6-11(7-14(16)19)17(24)20-8-15(22)23/h2-7,21H,8-9H2,1H3,(H,20,24)(H,22,23). The zero-order valence-electron chi connectivity index (χ0n) is 14.5. The van der Waals surface area contributed by atoms with Gasteiger partial charge in [0.1, 0.15) is 18.9 Å². The third kappa shape index (κ3) is 6.80. The second-order valence-corrected chi connectivity index (χ2v) is 9.17. The first-order chi connectivity index (χ1) is 13.0. The predicted molar refractivity (Wildman–Crippen MR) is 111 cm³/mol. The van der Waals surface area contributed by atoms with E-state index < -0.39 is 28.4 Å². The van der Waals surface area contributed by atoms with E-state index in [1.807, 2.05) is 0 Å². The molecule has 2 aromatic carbocycles. The number of rotatable bonds is 8. The summed E-state index contributed by atoms with van der Waals surface area (Å²) in [5, 5.41) is 10.9. The smallest absolute Gasteiger partial charge is 0.322 e. The SMILES string of the molecule is CS(=O)(=O)Nc1cccc(COc2c(Br)cc(C(=O)NCC(=O)O)cc2Br)c1. The molecule has 11 heteroatoms. The van der Waals surface area contributed by atoms with E-state index in [0.717, 1.165) is 11.8 Å². The molecule has 8 nitrogen and oxygen atoms in total. The lowest BCUT2D eigenvalue weighted by Gasteiger charge is -2.13. The van der Waals surface area contributed by atoms with E-state index in [2.05, 4.69) is 41.9 Å². The minimum absolute atomic E-state index is 0.154. The van der Waals surface area contributed by atoms with Crippen LogP contribution in [-0.2, 0) is 21.4 Å². The van der Waals surface area contributed by atoms with Gasteiger partial charge in [0.2, 0.25) is 10.0 Å². The zero-order chi connectivity index (χ0) is 20.9. The van der Waals surface area contributed by atoms with Gasteiger partial charge in [-0.15, -0.1) is 0 Å². The number of nitrogens with one attached hydrogen (secondary N) is 2. The van der Waals surface area contributed by atoms with Crippen LogP contribution >= 0.6 is 31.9 Å². The highest BCUT2D eigenvalue weighted by atomic mass is 79.9. The molecule has 0 radical (unpaired) electrons. The lowest BCUT2D eigenvalue weighted by molar-refractivity contribution is -0.135. The van der Waals surface area contributed by atoms with Gasteiger partial charge in [-0.2, -0.15) is 0 Å². The minimum Gasteiger partial charge on any atom is -0.487 e. The molecule has 0 aliphatic heterocycles. The first-order valence-electron chi connectivity index (χ1n) is 7.74. The average molecular weight is 536 g/mol. The van der Waals surface area contributed by atoms with Gasteiger partial charge in [-0.1, -0.05) is 12.1 Å². The third-order valence-electron chi connectivity index (χ3n) is 3.27. The predicted octanol–water partition coefficient (Wildman–Crippen LogP) is 2.98. The summed E-state index contributed by atoms with van der Waals surface area (Å²) in [6, 6.07) is 9.78. The van der Waals surface area contributed by atoms with Crippen molar-refractivity contribution >= 4 is 59.4 Å². The summed E-state index contributed by atoms with van der Waals surface area (Å²) in [4.78, 5) is 22.5. The Bertz CT molecular complexity index is 987. The van der Waals surface area contributed by atoms with Crippen molar-refractivity contribution in [1.29, 1.82) is 0 Å². The molecule has 0 saturated heterocycles. The quantitative estimate of drug-likeness (QED) is 0.477. The lowest BCUT2D eigenvalue weighted by Crippen LogP contribution is -2.29. The molecule has 0 fully saturated rings. The van der Waals surface area contributed by atoms with Crippen molar-refractivity contribution in [2.75, 3.05) is 17.5 Å². The first-order valence-corrected chi connectivity index (χ1v) is 11.2. The Kier molecular flexibility index (Phi) is 7.44. The summed E-state index contributed by atoms with van der Waals surface area (Å²) in [6.45, 7) is -0.328. The van der Waals surface area contributed by atoms with E-state index in [1.165, 1.54) is 12.1 Å². The molecule has 0 heterocycles. The molecule has 0 aromatic heterocycles. The number of carboxylic acid groups (broad SMARTS) is 1. The van der Waals surface area contributed by atoms with Crippen molar-refractivity contribution < 1.29 is 27.9 Å². The average Bonchev–Trinajstić information content (AvgIpc) is 2.57. The van der Waals surface area contributed by atoms with Crippen LogP contribution in [0, 0.1) is 0 Å². The maximum atomic E-state index is 12.0. The molecule has 1 amide bonds. The number of amides is 1. The molecule has 28 heavy (non-hydrogen) atoms. The van der Waals surface area contributed by atoms with Gasteiger partial charge in [-0.05, 0) is 61.7 Å². The van der Waals surface area contributed by atoms with Gasteiger partial charge < -0.3 is 15.2 Å². The number of aliphatic carboxylic acids is 1. The van der Waals surface area contributed by atoms with Crippen LogP contribution in [0.2, 0.25) is 0 Å². The number of carbonyl (C=O) groups is 2. The Morgan fingerprint density at radius 3 is 2.36 bits per heavy atom. The van der Waals surface area contributed by atoms with Crippen LogP contribution in [0.3, 0.4) is 0 Å². The fraction of sp³-hybridized carbons (Fsp3) is 0.176. The van der Waals surface area contributed by atoms with Crippen molar-refractivity contribution in [3.05, 3.63) is 56.5 Å². The van der Waals surface area contributed by atoms with Crippen molar-refractivity contribution in [3.63, 3.8) is 0 Å². The highest BCUT2D eigenvalue weighted by Gasteiger charge is 2.14. The van der Waals surface area contributed by atoms with E-state index in [0.29, 0.717) is 20.4 Å². The zero-order valence-corrected chi connectivity index (χ0v) is 18.5. The van der Waals surface area contributed by atoms with Gasteiger partial charge in [-0.25, -0.2) is 8.42 Å². The summed E-state index contributed by atoms with van der Waals surface area (Å²) < 4.78 is 31.8. The van der Waals surface area contributed by atoms with Crippen LogP contribution < -0.4 is 14.8 Å². The van der Waals surface area contributed by atoms with Gasteiger partial charge in [-0.3, -0.25) is 14.3 Å². The summed E-state index contributed by atoms with van der Waals surface area (Å²) in [5.74, 6) is -1.23. The normalized spacial score (nSPS) is 11.0. The Labute approximate surface area is 178 Å². The Morgan fingerprint density at radius 1 is 1.14 bits per heavy atom. The van der Waals surface area contributed by atoms with E-state index in [4.69, 9.17) is 9.84 Å². The summed E-state index contributed by atoms with van der Waals surface area (Å²) in [5.41, 5.74) is 1.41. The number of carboxylic acids is 1. The highest BCUT2D eigenvalue weighted by molar-refractivity contribution is 9.11. The lowest BCUT2D eigenvalue weighted by atomic mass is 10.2. The molecule has 0 atom stereocenters. The fourth-order valence-corrected chi connectivity index (χ4v) is 4.15. The number of hydrogen-bond donors (Lipinski definition) is 3. The third-order valence-corrected chi connectivity index (χ3v) is 5.06. The van der Waals surface area contributed by atoms with E-state index in [-0.39, 0.29) is 12.2 Å². The van der Waals surface area contributed by atoms with Crippen LogP contribution in [0.5, 0.6) is 5.75 Å². The molecule has 0 aliphatic carbocycles. The molecular weight excluding hydrogens is 520 g/mol. The first kappa shape index (κ1) is 22.2. The van der Waals surface area contributed by atoms with Crippen LogP contribution in [0.4, 0.5) is 5.69 Å². The van der Waals surface area contributed by atoms with E-state index in [9.17, 15) is 18.0 Å². The second-order valence-electron chi connectivity index (χ2n) is 5.71.